The van der Waals surface area contributed by atoms with Crippen LogP contribution >= 0.6 is 0 Å². The lowest BCUT2D eigenvalue weighted by Gasteiger charge is -2.01. The monoisotopic (exact) mass is 246 g/mol. The number of carboxylic acids is 1. The molecule has 0 unspecified atom stereocenters. The Bertz CT molecular complexity index is 176. The van der Waals surface area contributed by atoms with Crippen molar-refractivity contribution in [3.8, 4) is 0 Å². The van der Waals surface area contributed by atoms with Crippen molar-refractivity contribution in [2.75, 3.05) is 26.2 Å². The van der Waals surface area contributed by atoms with Crippen molar-refractivity contribution in [1.82, 2.24) is 5.32 Å². The van der Waals surface area contributed by atoms with Gasteiger partial charge in [0.1, 0.15) is 0 Å². The molecule has 0 radical (unpaired) electrons. The summed E-state index contributed by atoms with van der Waals surface area (Å²) >= 11 is 0. The summed E-state index contributed by atoms with van der Waals surface area (Å²) in [6.45, 7) is 7.39. The van der Waals surface area contributed by atoms with Crippen molar-refractivity contribution in [2.24, 2.45) is 5.73 Å². The van der Waals surface area contributed by atoms with E-state index >= 15 is 0 Å². The third kappa shape index (κ3) is 21.0. The normalized spacial score (nSPS) is 9.35. The van der Waals surface area contributed by atoms with E-state index in [0.29, 0.717) is 0 Å². The van der Waals surface area contributed by atoms with E-state index in [4.69, 9.17) is 15.9 Å². The van der Waals surface area contributed by atoms with E-state index < -0.39 is 5.97 Å². The van der Waals surface area contributed by atoms with E-state index in [-0.39, 0.29) is 12.2 Å². The molecule has 102 valence electrons. The Morgan fingerprint density at radius 3 is 2.18 bits per heavy atom. The van der Waals surface area contributed by atoms with Crippen molar-refractivity contribution < 1.29 is 15.0 Å². The molecule has 0 atom stereocenters. The van der Waals surface area contributed by atoms with Crippen LogP contribution < -0.4 is 11.1 Å². The lowest BCUT2D eigenvalue weighted by atomic mass is 10.2. The maximum absolute atomic E-state index is 9.60. The van der Waals surface area contributed by atoms with Crippen LogP contribution in [0.3, 0.4) is 0 Å². The predicted molar refractivity (Wildman–Crippen MR) is 69.9 cm³/mol. The summed E-state index contributed by atoms with van der Waals surface area (Å²) in [4.78, 5) is 9.60. The smallest absolute Gasteiger partial charge is 0.330 e. The van der Waals surface area contributed by atoms with Crippen molar-refractivity contribution in [2.45, 2.75) is 32.6 Å². The van der Waals surface area contributed by atoms with Gasteiger partial charge in [0, 0.05) is 12.1 Å². The van der Waals surface area contributed by atoms with Gasteiger partial charge >= 0.3 is 5.97 Å². The number of unbranched alkanes of at least 4 members (excludes halogenated alkanes) is 3. The molecule has 0 rings (SSSR count). The SMILES string of the molecule is C=C(C)C(=O)O.NCCCCCCNCCO. The van der Waals surface area contributed by atoms with Gasteiger partial charge in [-0.2, -0.15) is 0 Å². The van der Waals surface area contributed by atoms with Crippen LogP contribution in [0.4, 0.5) is 0 Å². The van der Waals surface area contributed by atoms with E-state index in [9.17, 15) is 4.79 Å². The van der Waals surface area contributed by atoms with Gasteiger partial charge < -0.3 is 21.3 Å². The number of carbonyl (C=O) groups is 1. The second-order valence-electron chi connectivity index (χ2n) is 3.76. The van der Waals surface area contributed by atoms with Gasteiger partial charge in [-0.25, -0.2) is 4.79 Å². The molecule has 0 aromatic heterocycles. The summed E-state index contributed by atoms with van der Waals surface area (Å²) in [5.74, 6) is -0.935. The number of rotatable bonds is 9. The number of hydrogen-bond acceptors (Lipinski definition) is 4. The van der Waals surface area contributed by atoms with E-state index in [1.54, 1.807) is 0 Å². The highest BCUT2D eigenvalue weighted by Gasteiger charge is 1.90. The van der Waals surface area contributed by atoms with E-state index in [2.05, 4.69) is 11.9 Å². The molecule has 0 fully saturated rings. The lowest BCUT2D eigenvalue weighted by Crippen LogP contribution is -2.19. The van der Waals surface area contributed by atoms with Crippen molar-refractivity contribution in [3.63, 3.8) is 0 Å². The zero-order valence-electron chi connectivity index (χ0n) is 10.7. The summed E-state index contributed by atoms with van der Waals surface area (Å²) in [7, 11) is 0. The first-order valence-corrected chi connectivity index (χ1v) is 5.96. The first kappa shape index (κ1) is 18.5. The quantitative estimate of drug-likeness (QED) is 0.355. The minimum absolute atomic E-state index is 0.176. The van der Waals surface area contributed by atoms with E-state index in [0.717, 1.165) is 26.1 Å². The molecule has 5 heteroatoms. The number of aliphatic hydroxyl groups excluding tert-OH is 1. The van der Waals surface area contributed by atoms with Gasteiger partial charge in [0.25, 0.3) is 0 Å². The van der Waals surface area contributed by atoms with Crippen LogP contribution in [-0.2, 0) is 4.79 Å². The predicted octanol–water partition coefficient (Wildman–Crippen LogP) is 0.735. The summed E-state index contributed by atoms with van der Waals surface area (Å²) < 4.78 is 0. The average Bonchev–Trinajstić information content (AvgIpc) is 2.29. The van der Waals surface area contributed by atoms with Crippen LogP contribution in [0.25, 0.3) is 0 Å². The van der Waals surface area contributed by atoms with Crippen LogP contribution in [0.5, 0.6) is 0 Å². The highest BCUT2D eigenvalue weighted by molar-refractivity contribution is 5.84. The fraction of sp³-hybridized carbons (Fsp3) is 0.750. The fourth-order valence-corrected chi connectivity index (χ4v) is 0.952. The van der Waals surface area contributed by atoms with Crippen LogP contribution in [0.15, 0.2) is 12.2 Å². The van der Waals surface area contributed by atoms with Gasteiger partial charge in [-0.05, 0) is 32.9 Å². The molecule has 5 nitrogen and oxygen atoms in total. The molecule has 0 aliphatic rings. The number of aliphatic hydroxyl groups is 1. The lowest BCUT2D eigenvalue weighted by molar-refractivity contribution is -0.132. The van der Waals surface area contributed by atoms with Gasteiger partial charge in [0.05, 0.1) is 6.61 Å². The zero-order chi connectivity index (χ0) is 13.5. The fourth-order valence-electron chi connectivity index (χ4n) is 0.952. The van der Waals surface area contributed by atoms with Crippen molar-refractivity contribution in [1.29, 1.82) is 0 Å². The Hall–Kier alpha value is -0.910. The molecule has 0 heterocycles. The minimum atomic E-state index is -0.935. The molecular weight excluding hydrogens is 220 g/mol. The Balaban J connectivity index is 0. The number of hydrogen-bond donors (Lipinski definition) is 4. The first-order valence-electron chi connectivity index (χ1n) is 5.96. The molecule has 0 aromatic rings. The first-order chi connectivity index (χ1) is 8.06. The maximum Gasteiger partial charge on any atom is 0.330 e. The molecule has 0 aromatic carbocycles. The molecule has 0 saturated heterocycles. The summed E-state index contributed by atoms with van der Waals surface area (Å²) in [5.41, 5.74) is 5.52. The second kappa shape index (κ2) is 15.1. The van der Waals surface area contributed by atoms with Crippen molar-refractivity contribution >= 4 is 5.97 Å². The van der Waals surface area contributed by atoms with Crippen molar-refractivity contribution in [3.05, 3.63) is 12.2 Å². The third-order valence-electron chi connectivity index (χ3n) is 1.96. The number of nitrogens with two attached hydrogens (primary N) is 1. The van der Waals surface area contributed by atoms with Gasteiger partial charge in [-0.3, -0.25) is 0 Å². The third-order valence-corrected chi connectivity index (χ3v) is 1.96. The average molecular weight is 246 g/mol. The molecule has 0 amide bonds. The summed E-state index contributed by atoms with van der Waals surface area (Å²) in [5, 5.41) is 19.4. The topological polar surface area (TPSA) is 95.6 Å². The Morgan fingerprint density at radius 1 is 1.24 bits per heavy atom. The van der Waals surface area contributed by atoms with Gasteiger partial charge in [-0.15, -0.1) is 0 Å². The van der Waals surface area contributed by atoms with E-state index in [1.165, 1.54) is 26.2 Å². The molecular formula is C12H26N2O3. The Morgan fingerprint density at radius 2 is 1.76 bits per heavy atom. The van der Waals surface area contributed by atoms with Crippen LogP contribution in [0.2, 0.25) is 0 Å². The Kier molecular flexibility index (Phi) is 16.4. The van der Waals surface area contributed by atoms with Crippen LogP contribution in [0, 0.1) is 0 Å². The highest BCUT2D eigenvalue weighted by Crippen LogP contribution is 1.96. The van der Waals surface area contributed by atoms with Crippen LogP contribution in [0.1, 0.15) is 32.6 Å². The molecule has 17 heavy (non-hydrogen) atoms. The summed E-state index contributed by atoms with van der Waals surface area (Å²) in [6.07, 6.45) is 4.81. The largest absolute Gasteiger partial charge is 0.478 e. The summed E-state index contributed by atoms with van der Waals surface area (Å²) in [6, 6.07) is 0. The van der Waals surface area contributed by atoms with Gasteiger partial charge in [-0.1, -0.05) is 19.4 Å². The zero-order valence-corrected chi connectivity index (χ0v) is 10.7. The molecule has 5 N–H and O–H groups in total. The maximum atomic E-state index is 9.60. The minimum Gasteiger partial charge on any atom is -0.478 e. The molecule has 0 saturated carbocycles. The number of aliphatic carboxylic acids is 1. The van der Waals surface area contributed by atoms with E-state index in [1.807, 2.05) is 0 Å². The standard InChI is InChI=1S/C8H20N2O.C4H6O2/c9-5-3-1-2-4-6-10-7-8-11;1-3(2)4(5)6/h10-11H,1-9H2;1H2,2H3,(H,5,6). The Labute approximate surface area is 104 Å². The second-order valence-corrected chi connectivity index (χ2v) is 3.76. The van der Waals surface area contributed by atoms with Gasteiger partial charge in [0.15, 0.2) is 0 Å². The number of carboxylic acid groups (broad SMARTS) is 1. The number of nitrogens with one attached hydrogen (secondary N) is 1. The van der Waals surface area contributed by atoms with Crippen LogP contribution in [-0.4, -0.2) is 42.4 Å². The highest BCUT2D eigenvalue weighted by atomic mass is 16.4. The molecule has 0 aliphatic heterocycles. The molecule has 0 bridgehead atoms. The molecule has 0 aliphatic carbocycles. The molecule has 0 spiro atoms. The van der Waals surface area contributed by atoms with Gasteiger partial charge in [0.2, 0.25) is 0 Å².